The van der Waals surface area contributed by atoms with E-state index in [0.29, 0.717) is 24.2 Å². The van der Waals surface area contributed by atoms with Gasteiger partial charge in [-0.2, -0.15) is 0 Å². The molecule has 1 aromatic carbocycles. The lowest BCUT2D eigenvalue weighted by Gasteiger charge is -2.31. The Bertz CT molecular complexity index is 514. The Balaban J connectivity index is 2.12. The van der Waals surface area contributed by atoms with Crippen LogP contribution in [0.2, 0.25) is 0 Å². The number of rotatable bonds is 3. The summed E-state index contributed by atoms with van der Waals surface area (Å²) < 4.78 is 5.26. The summed E-state index contributed by atoms with van der Waals surface area (Å²) in [5, 5.41) is 0. The minimum atomic E-state index is -0.0114. The van der Waals surface area contributed by atoms with Crippen LogP contribution in [-0.2, 0) is 4.79 Å². The molecule has 0 heterocycles. The molecule has 0 N–H and O–H groups in total. The van der Waals surface area contributed by atoms with Gasteiger partial charge >= 0.3 is 0 Å². The normalized spacial score (nSPS) is 16.1. The fraction of sp³-hybridized carbons (Fsp3) is 0.500. The highest BCUT2D eigenvalue weighted by molar-refractivity contribution is 5.95. The minimum absolute atomic E-state index is 0.0114. The first-order valence-corrected chi connectivity index (χ1v) is 6.96. The number of carbonyl (C=O) groups excluding carboxylic acids is 2. The van der Waals surface area contributed by atoms with Crippen LogP contribution in [0.25, 0.3) is 0 Å². The molecule has 108 valence electrons. The van der Waals surface area contributed by atoms with Crippen LogP contribution < -0.4 is 4.74 Å². The topological polar surface area (TPSA) is 46.6 Å². The van der Waals surface area contributed by atoms with Crippen molar-refractivity contribution in [3.05, 3.63) is 29.3 Å². The Morgan fingerprint density at radius 2 is 1.95 bits per heavy atom. The van der Waals surface area contributed by atoms with Crippen LogP contribution in [0.15, 0.2) is 18.2 Å². The van der Waals surface area contributed by atoms with Crippen LogP contribution >= 0.6 is 0 Å². The van der Waals surface area contributed by atoms with Crippen molar-refractivity contribution in [2.75, 3.05) is 14.2 Å². The Kier molecular flexibility index (Phi) is 4.42. The Morgan fingerprint density at radius 1 is 1.30 bits per heavy atom. The monoisotopic (exact) mass is 275 g/mol. The number of ether oxygens (including phenoxy) is 1. The van der Waals surface area contributed by atoms with Crippen LogP contribution in [0.4, 0.5) is 0 Å². The van der Waals surface area contributed by atoms with E-state index in [0.717, 1.165) is 24.2 Å². The largest absolute Gasteiger partial charge is 0.496 e. The highest BCUT2D eigenvalue weighted by Crippen LogP contribution is 2.23. The summed E-state index contributed by atoms with van der Waals surface area (Å²) in [6, 6.07) is 5.66. The van der Waals surface area contributed by atoms with Gasteiger partial charge in [-0.1, -0.05) is 6.07 Å². The van der Waals surface area contributed by atoms with Crippen LogP contribution in [-0.4, -0.2) is 36.8 Å². The third-order valence-electron chi connectivity index (χ3n) is 4.04. The van der Waals surface area contributed by atoms with E-state index in [9.17, 15) is 9.59 Å². The highest BCUT2D eigenvalue weighted by Gasteiger charge is 2.26. The lowest BCUT2D eigenvalue weighted by atomic mass is 9.93. The summed E-state index contributed by atoms with van der Waals surface area (Å²) in [6.45, 7) is 1.95. The van der Waals surface area contributed by atoms with Crippen molar-refractivity contribution in [3.63, 3.8) is 0 Å². The van der Waals surface area contributed by atoms with Gasteiger partial charge in [-0.25, -0.2) is 0 Å². The SMILES string of the molecule is COc1cc(C(=O)N(C)C2CCC(=O)CC2)ccc1C. The molecule has 0 saturated heterocycles. The molecular formula is C16H21NO3. The van der Waals surface area contributed by atoms with Gasteiger partial charge in [-0.15, -0.1) is 0 Å². The molecule has 0 aromatic heterocycles. The molecule has 1 aromatic rings. The number of amides is 1. The minimum Gasteiger partial charge on any atom is -0.496 e. The third kappa shape index (κ3) is 3.00. The second-order valence-corrected chi connectivity index (χ2v) is 5.37. The van der Waals surface area contributed by atoms with E-state index in [1.54, 1.807) is 18.1 Å². The van der Waals surface area contributed by atoms with Gasteiger partial charge < -0.3 is 9.64 Å². The molecule has 20 heavy (non-hydrogen) atoms. The van der Waals surface area contributed by atoms with Crippen LogP contribution in [0.5, 0.6) is 5.75 Å². The van der Waals surface area contributed by atoms with Crippen molar-refractivity contribution in [3.8, 4) is 5.75 Å². The van der Waals surface area contributed by atoms with E-state index < -0.39 is 0 Å². The molecule has 0 spiro atoms. The van der Waals surface area contributed by atoms with Gasteiger partial charge in [0.25, 0.3) is 5.91 Å². The third-order valence-corrected chi connectivity index (χ3v) is 4.04. The van der Waals surface area contributed by atoms with Gasteiger partial charge in [0.1, 0.15) is 11.5 Å². The predicted molar refractivity (Wildman–Crippen MR) is 77.1 cm³/mol. The maximum atomic E-state index is 12.5. The number of nitrogens with zero attached hydrogens (tertiary/aromatic N) is 1. The molecule has 0 bridgehead atoms. The van der Waals surface area contributed by atoms with Crippen molar-refractivity contribution in [2.24, 2.45) is 0 Å². The van der Waals surface area contributed by atoms with E-state index in [2.05, 4.69) is 0 Å². The van der Waals surface area contributed by atoms with E-state index in [-0.39, 0.29) is 11.9 Å². The Labute approximate surface area is 119 Å². The molecule has 2 rings (SSSR count). The summed E-state index contributed by atoms with van der Waals surface area (Å²) >= 11 is 0. The molecule has 0 unspecified atom stereocenters. The number of hydrogen-bond acceptors (Lipinski definition) is 3. The average molecular weight is 275 g/mol. The zero-order valence-corrected chi connectivity index (χ0v) is 12.3. The first-order chi connectivity index (χ1) is 9.52. The standard InChI is InChI=1S/C16H21NO3/c1-11-4-5-12(10-15(11)20-3)16(19)17(2)13-6-8-14(18)9-7-13/h4-5,10,13H,6-9H2,1-3H3. The lowest BCUT2D eigenvalue weighted by Crippen LogP contribution is -2.39. The van der Waals surface area contributed by atoms with Gasteiger partial charge in [-0.05, 0) is 37.5 Å². The Hall–Kier alpha value is -1.84. The zero-order valence-electron chi connectivity index (χ0n) is 12.3. The second-order valence-electron chi connectivity index (χ2n) is 5.37. The van der Waals surface area contributed by atoms with Gasteiger partial charge in [0.05, 0.1) is 7.11 Å². The smallest absolute Gasteiger partial charge is 0.253 e. The summed E-state index contributed by atoms with van der Waals surface area (Å²) in [6.07, 6.45) is 2.70. The van der Waals surface area contributed by atoms with Crippen molar-refractivity contribution in [1.29, 1.82) is 0 Å². The maximum Gasteiger partial charge on any atom is 0.253 e. The van der Waals surface area contributed by atoms with Crippen molar-refractivity contribution < 1.29 is 14.3 Å². The molecule has 4 heteroatoms. The lowest BCUT2D eigenvalue weighted by molar-refractivity contribution is -0.121. The van der Waals surface area contributed by atoms with Gasteiger partial charge in [0.2, 0.25) is 0 Å². The molecule has 4 nitrogen and oxygen atoms in total. The molecule has 1 aliphatic carbocycles. The number of ketones is 1. The van der Waals surface area contributed by atoms with Gasteiger partial charge in [-0.3, -0.25) is 9.59 Å². The van der Waals surface area contributed by atoms with Crippen LogP contribution in [0.1, 0.15) is 41.6 Å². The number of Topliss-reactive ketones (excluding diaryl/α,β-unsaturated/α-hetero) is 1. The average Bonchev–Trinajstić information content (AvgIpc) is 2.47. The summed E-state index contributed by atoms with van der Waals surface area (Å²) in [4.78, 5) is 25.5. The molecule has 0 aliphatic heterocycles. The molecular weight excluding hydrogens is 254 g/mol. The molecule has 1 aliphatic rings. The zero-order chi connectivity index (χ0) is 14.7. The quantitative estimate of drug-likeness (QED) is 0.851. The summed E-state index contributed by atoms with van der Waals surface area (Å²) in [5.41, 5.74) is 1.64. The first-order valence-electron chi connectivity index (χ1n) is 6.96. The number of benzene rings is 1. The number of hydrogen-bond donors (Lipinski definition) is 0. The molecule has 0 radical (unpaired) electrons. The fourth-order valence-electron chi connectivity index (χ4n) is 2.63. The number of carbonyl (C=O) groups is 2. The maximum absolute atomic E-state index is 12.5. The molecule has 1 amide bonds. The van der Waals surface area contributed by atoms with Crippen molar-refractivity contribution in [1.82, 2.24) is 4.90 Å². The summed E-state index contributed by atoms with van der Waals surface area (Å²) in [7, 11) is 3.42. The van der Waals surface area contributed by atoms with E-state index >= 15 is 0 Å². The number of methoxy groups -OCH3 is 1. The highest BCUT2D eigenvalue weighted by atomic mass is 16.5. The second kappa shape index (κ2) is 6.07. The molecule has 1 fully saturated rings. The fourth-order valence-corrected chi connectivity index (χ4v) is 2.63. The molecule has 1 saturated carbocycles. The molecule has 0 atom stereocenters. The van der Waals surface area contributed by atoms with Crippen molar-refractivity contribution >= 4 is 11.7 Å². The van der Waals surface area contributed by atoms with Gasteiger partial charge in [0, 0.05) is 31.5 Å². The van der Waals surface area contributed by atoms with Crippen LogP contribution in [0.3, 0.4) is 0 Å². The first kappa shape index (κ1) is 14.6. The van der Waals surface area contributed by atoms with Gasteiger partial charge in [0.15, 0.2) is 0 Å². The van der Waals surface area contributed by atoms with E-state index in [1.165, 1.54) is 0 Å². The number of aryl methyl sites for hydroxylation is 1. The summed E-state index contributed by atoms with van der Waals surface area (Å²) in [5.74, 6) is 1.02. The van der Waals surface area contributed by atoms with Crippen molar-refractivity contribution in [2.45, 2.75) is 38.6 Å². The predicted octanol–water partition coefficient (Wildman–Crippen LogP) is 2.59. The van der Waals surface area contributed by atoms with E-state index in [4.69, 9.17) is 4.74 Å². The van der Waals surface area contributed by atoms with E-state index in [1.807, 2.05) is 26.1 Å². The van der Waals surface area contributed by atoms with Crippen LogP contribution in [0, 0.1) is 6.92 Å². The Morgan fingerprint density at radius 3 is 2.55 bits per heavy atom.